The van der Waals surface area contributed by atoms with Gasteiger partial charge in [0.25, 0.3) is 0 Å². The Balaban J connectivity index is 1.76. The van der Waals surface area contributed by atoms with Crippen molar-refractivity contribution < 1.29 is 17.9 Å². The first-order valence-electron chi connectivity index (χ1n) is 9.59. The van der Waals surface area contributed by atoms with Crippen molar-refractivity contribution in [2.45, 2.75) is 46.1 Å². The fourth-order valence-corrected chi connectivity index (χ4v) is 2.57. The number of benzene rings is 1. The Morgan fingerprint density at radius 1 is 1.17 bits per heavy atom. The molecule has 0 aliphatic carbocycles. The second kappa shape index (κ2) is 11.5. The number of aromatic nitrogens is 2. The molecule has 2 rings (SSSR count). The molecule has 160 valence electrons. The van der Waals surface area contributed by atoms with E-state index in [4.69, 9.17) is 0 Å². The molecule has 0 aliphatic heterocycles. The fourth-order valence-electron chi connectivity index (χ4n) is 2.57. The molecular formula is C20H28F3N5O. The van der Waals surface area contributed by atoms with E-state index in [0.29, 0.717) is 12.1 Å². The number of nitrogens with one attached hydrogen (secondary N) is 2. The number of guanidine groups is 1. The number of halogens is 3. The maximum atomic E-state index is 12.1. The average Bonchev–Trinajstić information content (AvgIpc) is 3.08. The van der Waals surface area contributed by atoms with Gasteiger partial charge in [0, 0.05) is 25.8 Å². The zero-order chi connectivity index (χ0) is 21.1. The summed E-state index contributed by atoms with van der Waals surface area (Å²) in [6.07, 6.45) is 0.462. The molecule has 0 unspecified atom stereocenters. The fraction of sp³-hybridized carbons (Fsp3) is 0.500. The SMILES string of the molecule is CCNC(=NCc1ccc(COCC(F)(F)F)cc1)NCCCn1cc(C)cn1. The zero-order valence-corrected chi connectivity index (χ0v) is 16.8. The number of hydrogen-bond acceptors (Lipinski definition) is 3. The van der Waals surface area contributed by atoms with Gasteiger partial charge in [-0.2, -0.15) is 18.3 Å². The Morgan fingerprint density at radius 2 is 1.90 bits per heavy atom. The largest absolute Gasteiger partial charge is 0.411 e. The Hall–Kier alpha value is -2.55. The molecule has 0 spiro atoms. The van der Waals surface area contributed by atoms with Crippen LogP contribution >= 0.6 is 0 Å². The maximum Gasteiger partial charge on any atom is 0.411 e. The summed E-state index contributed by atoms with van der Waals surface area (Å²) in [4.78, 5) is 4.55. The number of hydrogen-bond donors (Lipinski definition) is 2. The van der Waals surface area contributed by atoms with Gasteiger partial charge >= 0.3 is 6.18 Å². The topological polar surface area (TPSA) is 63.5 Å². The molecule has 0 atom stereocenters. The molecule has 0 aliphatic rings. The summed E-state index contributed by atoms with van der Waals surface area (Å²) >= 11 is 0. The lowest BCUT2D eigenvalue weighted by Gasteiger charge is -2.11. The molecule has 0 bridgehead atoms. The third-order valence-corrected chi connectivity index (χ3v) is 3.94. The maximum absolute atomic E-state index is 12.1. The van der Waals surface area contributed by atoms with Gasteiger partial charge < -0.3 is 15.4 Å². The summed E-state index contributed by atoms with van der Waals surface area (Å²) in [5.41, 5.74) is 2.81. The molecule has 0 saturated heterocycles. The van der Waals surface area contributed by atoms with Crippen molar-refractivity contribution in [1.29, 1.82) is 0 Å². The van der Waals surface area contributed by atoms with Crippen LogP contribution in [0.15, 0.2) is 41.7 Å². The van der Waals surface area contributed by atoms with Crippen LogP contribution in [-0.4, -0.2) is 41.6 Å². The van der Waals surface area contributed by atoms with Gasteiger partial charge in [-0.25, -0.2) is 4.99 Å². The summed E-state index contributed by atoms with van der Waals surface area (Å²) in [7, 11) is 0. The van der Waals surface area contributed by atoms with Crippen molar-refractivity contribution in [3.63, 3.8) is 0 Å². The number of nitrogens with zero attached hydrogens (tertiary/aromatic N) is 3. The lowest BCUT2D eigenvalue weighted by atomic mass is 10.1. The van der Waals surface area contributed by atoms with Gasteiger partial charge in [0.15, 0.2) is 5.96 Å². The van der Waals surface area contributed by atoms with Crippen LogP contribution in [0.4, 0.5) is 13.2 Å². The van der Waals surface area contributed by atoms with E-state index in [1.165, 1.54) is 0 Å². The molecule has 1 heterocycles. The van der Waals surface area contributed by atoms with Crippen LogP contribution in [-0.2, 0) is 24.4 Å². The molecule has 9 heteroatoms. The van der Waals surface area contributed by atoms with Crippen LogP contribution in [0.1, 0.15) is 30.0 Å². The number of aliphatic imine (C=N–C) groups is 1. The first kappa shape index (κ1) is 22.7. The minimum atomic E-state index is -4.30. The zero-order valence-electron chi connectivity index (χ0n) is 16.8. The molecule has 29 heavy (non-hydrogen) atoms. The Morgan fingerprint density at radius 3 is 2.52 bits per heavy atom. The van der Waals surface area contributed by atoms with Crippen LogP contribution in [0.3, 0.4) is 0 Å². The van der Waals surface area contributed by atoms with E-state index in [1.54, 1.807) is 12.1 Å². The highest BCUT2D eigenvalue weighted by Gasteiger charge is 2.27. The summed E-state index contributed by atoms with van der Waals surface area (Å²) in [6.45, 7) is 5.52. The molecular weight excluding hydrogens is 383 g/mol. The summed E-state index contributed by atoms with van der Waals surface area (Å²) in [5, 5.41) is 10.8. The molecule has 2 N–H and O–H groups in total. The molecule has 2 aromatic rings. The minimum Gasteiger partial charge on any atom is -0.367 e. The highest BCUT2D eigenvalue weighted by molar-refractivity contribution is 5.79. The molecule has 0 radical (unpaired) electrons. The van der Waals surface area contributed by atoms with E-state index >= 15 is 0 Å². The Bertz CT molecular complexity index is 756. The van der Waals surface area contributed by atoms with E-state index in [-0.39, 0.29) is 6.61 Å². The number of ether oxygens (including phenoxy) is 1. The number of alkyl halides is 3. The standard InChI is InChI=1S/C20H28F3N5O/c1-3-24-19(25-9-4-10-28-13-16(2)11-27-28)26-12-17-5-7-18(8-6-17)14-29-15-20(21,22)23/h5-8,11,13H,3-4,9-10,12,14-15H2,1-2H3,(H2,24,25,26). The molecule has 0 saturated carbocycles. The smallest absolute Gasteiger partial charge is 0.367 e. The van der Waals surface area contributed by atoms with E-state index in [2.05, 4.69) is 25.5 Å². The van der Waals surface area contributed by atoms with E-state index in [0.717, 1.165) is 43.1 Å². The molecule has 6 nitrogen and oxygen atoms in total. The second-order valence-electron chi connectivity index (χ2n) is 6.68. The quantitative estimate of drug-likeness (QED) is 0.357. The molecule has 1 aromatic carbocycles. The first-order valence-corrected chi connectivity index (χ1v) is 9.59. The van der Waals surface area contributed by atoms with Crippen molar-refractivity contribution in [3.05, 3.63) is 53.3 Å². The third kappa shape index (κ3) is 9.47. The van der Waals surface area contributed by atoms with Gasteiger partial charge in [-0.05, 0) is 37.0 Å². The first-order chi connectivity index (χ1) is 13.9. The monoisotopic (exact) mass is 411 g/mol. The van der Waals surface area contributed by atoms with E-state index in [9.17, 15) is 13.2 Å². The summed E-state index contributed by atoms with van der Waals surface area (Å²) in [5.74, 6) is 0.724. The van der Waals surface area contributed by atoms with Gasteiger partial charge in [0.1, 0.15) is 6.61 Å². The van der Waals surface area contributed by atoms with Gasteiger partial charge in [-0.1, -0.05) is 24.3 Å². The van der Waals surface area contributed by atoms with Crippen LogP contribution in [0.5, 0.6) is 0 Å². The van der Waals surface area contributed by atoms with Gasteiger partial charge in [-0.15, -0.1) is 0 Å². The summed E-state index contributed by atoms with van der Waals surface area (Å²) in [6, 6.07) is 7.21. The normalized spacial score (nSPS) is 12.2. The summed E-state index contributed by atoms with van der Waals surface area (Å²) < 4.78 is 42.9. The van der Waals surface area contributed by atoms with Gasteiger partial charge in [-0.3, -0.25) is 4.68 Å². The van der Waals surface area contributed by atoms with Crippen LogP contribution in [0, 0.1) is 6.92 Å². The number of rotatable bonds is 10. The van der Waals surface area contributed by atoms with Crippen molar-refractivity contribution in [3.8, 4) is 0 Å². The molecule has 0 fully saturated rings. The lowest BCUT2D eigenvalue weighted by molar-refractivity contribution is -0.176. The average molecular weight is 411 g/mol. The lowest BCUT2D eigenvalue weighted by Crippen LogP contribution is -2.38. The van der Waals surface area contributed by atoms with Crippen molar-refractivity contribution in [1.82, 2.24) is 20.4 Å². The predicted octanol–water partition coefficient (Wildman–Crippen LogP) is 3.42. The highest BCUT2D eigenvalue weighted by atomic mass is 19.4. The van der Waals surface area contributed by atoms with Crippen molar-refractivity contribution in [2.75, 3.05) is 19.7 Å². The van der Waals surface area contributed by atoms with Crippen LogP contribution < -0.4 is 10.6 Å². The van der Waals surface area contributed by atoms with Crippen molar-refractivity contribution in [2.24, 2.45) is 4.99 Å². The second-order valence-corrected chi connectivity index (χ2v) is 6.68. The van der Waals surface area contributed by atoms with Crippen molar-refractivity contribution >= 4 is 5.96 Å². The van der Waals surface area contributed by atoms with Gasteiger partial charge in [0.2, 0.25) is 0 Å². The van der Waals surface area contributed by atoms with Crippen LogP contribution in [0.25, 0.3) is 0 Å². The molecule has 0 amide bonds. The Kier molecular flexibility index (Phi) is 8.98. The van der Waals surface area contributed by atoms with E-state index in [1.807, 2.05) is 43.1 Å². The highest BCUT2D eigenvalue weighted by Crippen LogP contribution is 2.16. The van der Waals surface area contributed by atoms with Gasteiger partial charge in [0.05, 0.1) is 19.3 Å². The Labute approximate surface area is 169 Å². The number of aryl methyl sites for hydroxylation is 2. The molecule has 1 aromatic heterocycles. The third-order valence-electron chi connectivity index (χ3n) is 3.94. The predicted molar refractivity (Wildman–Crippen MR) is 107 cm³/mol. The van der Waals surface area contributed by atoms with Crippen LogP contribution in [0.2, 0.25) is 0 Å². The van der Waals surface area contributed by atoms with E-state index < -0.39 is 12.8 Å². The minimum absolute atomic E-state index is 0.0664.